The van der Waals surface area contributed by atoms with E-state index in [4.69, 9.17) is 9.72 Å². The van der Waals surface area contributed by atoms with Crippen LogP contribution in [0.3, 0.4) is 0 Å². The number of nitrogens with zero attached hydrogens (tertiary/aromatic N) is 2. The Morgan fingerprint density at radius 2 is 1.54 bits per heavy atom. The van der Waals surface area contributed by atoms with Crippen LogP contribution in [-0.4, -0.2) is 35.2 Å². The number of esters is 1. The molecule has 0 N–H and O–H groups in total. The van der Waals surface area contributed by atoms with Crippen molar-refractivity contribution in [3.8, 4) is 11.3 Å². The molecule has 3 aromatic carbocycles. The average molecular weight is 609 g/mol. The third kappa shape index (κ3) is 4.37. The first-order chi connectivity index (χ1) is 19.9. The largest absolute Gasteiger partial charge is 0.454 e. The molecule has 0 radical (unpaired) electrons. The van der Waals surface area contributed by atoms with Gasteiger partial charge in [0, 0.05) is 21.0 Å². The Morgan fingerprint density at radius 1 is 0.878 bits per heavy atom. The number of pyridine rings is 1. The highest BCUT2D eigenvalue weighted by Gasteiger charge is 2.61. The van der Waals surface area contributed by atoms with Crippen LogP contribution in [0.5, 0.6) is 0 Å². The number of fused-ring (bicyclic) bond motifs is 6. The van der Waals surface area contributed by atoms with Crippen LogP contribution in [0, 0.1) is 23.7 Å². The maximum atomic E-state index is 13.2. The minimum atomic E-state index is -0.624. The zero-order chi connectivity index (χ0) is 28.2. The van der Waals surface area contributed by atoms with Gasteiger partial charge in [-0.15, -0.1) is 0 Å². The highest BCUT2D eigenvalue weighted by molar-refractivity contribution is 9.10. The number of ketones is 1. The van der Waals surface area contributed by atoms with Gasteiger partial charge in [-0.05, 0) is 67.5 Å². The Bertz CT molecular complexity index is 1710. The summed E-state index contributed by atoms with van der Waals surface area (Å²) in [6.07, 6.45) is 3.07. The second kappa shape index (κ2) is 10.0. The highest BCUT2D eigenvalue weighted by Crippen LogP contribution is 2.56. The number of ether oxygens (including phenoxy) is 1. The van der Waals surface area contributed by atoms with Crippen molar-refractivity contribution < 1.29 is 23.9 Å². The molecule has 204 valence electrons. The van der Waals surface area contributed by atoms with Crippen molar-refractivity contribution in [1.29, 1.82) is 0 Å². The lowest BCUT2D eigenvalue weighted by Crippen LogP contribution is -2.32. The molecule has 1 saturated heterocycles. The third-order valence-electron chi connectivity index (χ3n) is 8.79. The van der Waals surface area contributed by atoms with Crippen LogP contribution in [0.4, 0.5) is 5.69 Å². The van der Waals surface area contributed by atoms with E-state index >= 15 is 0 Å². The van der Waals surface area contributed by atoms with Gasteiger partial charge in [-0.2, -0.15) is 0 Å². The number of hydrogen-bond acceptors (Lipinski definition) is 6. The summed E-state index contributed by atoms with van der Waals surface area (Å²) >= 11 is 3.34. The van der Waals surface area contributed by atoms with Crippen LogP contribution >= 0.6 is 15.9 Å². The molecule has 2 aliphatic carbocycles. The first kappa shape index (κ1) is 25.8. The summed E-state index contributed by atoms with van der Waals surface area (Å²) in [6, 6.07) is 22.9. The van der Waals surface area contributed by atoms with Gasteiger partial charge in [0.05, 0.1) is 34.3 Å². The number of rotatable bonds is 6. The lowest BCUT2D eigenvalue weighted by molar-refractivity contribution is -0.123. The summed E-state index contributed by atoms with van der Waals surface area (Å²) in [6.45, 7) is -0.386. The number of para-hydroxylation sites is 1. The predicted molar refractivity (Wildman–Crippen MR) is 156 cm³/mol. The number of halogens is 1. The molecule has 41 heavy (non-hydrogen) atoms. The molecule has 8 heteroatoms. The van der Waals surface area contributed by atoms with Gasteiger partial charge in [-0.25, -0.2) is 9.78 Å². The summed E-state index contributed by atoms with van der Waals surface area (Å²) in [4.78, 5) is 58.4. The van der Waals surface area contributed by atoms with Crippen LogP contribution in [-0.2, 0) is 14.3 Å². The summed E-state index contributed by atoms with van der Waals surface area (Å²) in [5, 5.41) is 0.614. The number of amides is 2. The van der Waals surface area contributed by atoms with Gasteiger partial charge in [0.25, 0.3) is 0 Å². The molecule has 4 aromatic rings. The predicted octanol–water partition coefficient (Wildman–Crippen LogP) is 6.24. The fourth-order valence-electron chi connectivity index (χ4n) is 6.86. The van der Waals surface area contributed by atoms with E-state index in [1.807, 2.05) is 30.3 Å². The number of Topliss-reactive ketones (excluding diaryl/α,β-unsaturated/α-hetero) is 1. The molecule has 7 rings (SSSR count). The van der Waals surface area contributed by atoms with Crippen LogP contribution in [0.1, 0.15) is 40.0 Å². The fourth-order valence-corrected chi connectivity index (χ4v) is 7.13. The number of carbonyl (C=O) groups is 4. The Labute approximate surface area is 244 Å². The summed E-state index contributed by atoms with van der Waals surface area (Å²) in [7, 11) is 0. The molecule has 1 aromatic heterocycles. The van der Waals surface area contributed by atoms with Gasteiger partial charge in [0.2, 0.25) is 11.8 Å². The van der Waals surface area contributed by atoms with E-state index in [0.717, 1.165) is 29.3 Å². The van der Waals surface area contributed by atoms with Crippen LogP contribution < -0.4 is 4.90 Å². The van der Waals surface area contributed by atoms with Gasteiger partial charge in [-0.3, -0.25) is 19.3 Å². The van der Waals surface area contributed by atoms with E-state index in [1.54, 1.807) is 48.5 Å². The molecule has 3 fully saturated rings. The summed E-state index contributed by atoms with van der Waals surface area (Å²) in [5.74, 6) is -0.770. The van der Waals surface area contributed by atoms with Crippen molar-refractivity contribution >= 4 is 56.1 Å². The Morgan fingerprint density at radius 3 is 2.22 bits per heavy atom. The lowest BCUT2D eigenvalue weighted by atomic mass is 9.81. The minimum Gasteiger partial charge on any atom is -0.454 e. The number of hydrogen-bond donors (Lipinski definition) is 0. The molecular formula is C33H25BrN2O5. The van der Waals surface area contributed by atoms with E-state index < -0.39 is 5.97 Å². The van der Waals surface area contributed by atoms with Gasteiger partial charge >= 0.3 is 5.97 Å². The first-order valence-electron chi connectivity index (χ1n) is 13.7. The average Bonchev–Trinajstić information content (AvgIpc) is 3.69. The number of carbonyl (C=O) groups excluding carboxylic acids is 4. The topological polar surface area (TPSA) is 93.6 Å². The van der Waals surface area contributed by atoms with Crippen molar-refractivity contribution in [2.45, 2.75) is 19.3 Å². The molecule has 2 bridgehead atoms. The molecule has 2 saturated carbocycles. The zero-order valence-corrected chi connectivity index (χ0v) is 23.5. The fraction of sp³-hybridized carbons (Fsp3) is 0.242. The molecule has 0 spiro atoms. The molecule has 2 heterocycles. The summed E-state index contributed by atoms with van der Waals surface area (Å²) < 4.78 is 6.28. The zero-order valence-electron chi connectivity index (χ0n) is 22.0. The monoisotopic (exact) mass is 608 g/mol. The second-order valence-corrected chi connectivity index (χ2v) is 11.9. The first-order valence-corrected chi connectivity index (χ1v) is 14.5. The van der Waals surface area contributed by atoms with E-state index in [9.17, 15) is 19.2 Å². The number of imide groups is 1. The van der Waals surface area contributed by atoms with Gasteiger partial charge < -0.3 is 4.74 Å². The number of benzene rings is 3. The van der Waals surface area contributed by atoms with Gasteiger partial charge in [0.1, 0.15) is 0 Å². The minimum absolute atomic E-state index is 0.0773. The normalized spacial score (nSPS) is 22.8. The van der Waals surface area contributed by atoms with Gasteiger partial charge in [-0.1, -0.05) is 58.4 Å². The maximum Gasteiger partial charge on any atom is 0.339 e. The van der Waals surface area contributed by atoms with E-state index in [1.165, 1.54) is 4.90 Å². The van der Waals surface area contributed by atoms with Crippen molar-refractivity contribution in [2.75, 3.05) is 11.5 Å². The Balaban J connectivity index is 1.14. The van der Waals surface area contributed by atoms with Crippen LogP contribution in [0.25, 0.3) is 22.2 Å². The molecular weight excluding hydrogens is 584 g/mol. The maximum absolute atomic E-state index is 13.2. The highest BCUT2D eigenvalue weighted by atomic mass is 79.9. The second-order valence-electron chi connectivity index (χ2n) is 11.0. The number of anilines is 1. The third-order valence-corrected chi connectivity index (χ3v) is 9.31. The quantitative estimate of drug-likeness (QED) is 0.146. The molecule has 7 nitrogen and oxygen atoms in total. The standard InChI is InChI=1S/C33H25BrN2O5/c34-22-11-7-19(8-12-22)28(37)17-41-33(40)25-16-27(35-26-4-2-1-3-24(25)26)18-9-13-23(14-10-18)36-31(38)29-20-5-6-21(15-20)30(29)32(36)39/h1-4,7-14,16,20-21,29-30H,5-6,15,17H2/t20-,21-,29-,30+/m0/s1. The molecule has 2 amide bonds. The molecule has 1 aliphatic heterocycles. The number of aromatic nitrogens is 1. The van der Waals surface area contributed by atoms with Crippen molar-refractivity contribution in [1.82, 2.24) is 4.98 Å². The Hall–Kier alpha value is -4.17. The van der Waals surface area contributed by atoms with Crippen LogP contribution in [0.2, 0.25) is 0 Å². The molecule has 3 aliphatic rings. The van der Waals surface area contributed by atoms with Crippen molar-refractivity contribution in [3.05, 3.63) is 94.5 Å². The SMILES string of the molecule is O=C(COC(=O)c1cc(-c2ccc(N3C(=O)[C@@H]4[C@H]5CC[C@@H](C5)[C@@H]4C3=O)cc2)nc2ccccc12)c1ccc(Br)cc1. The molecule has 0 unspecified atom stereocenters. The molecule has 4 atom stereocenters. The van der Waals surface area contributed by atoms with E-state index in [2.05, 4.69) is 15.9 Å². The smallest absolute Gasteiger partial charge is 0.339 e. The summed E-state index contributed by atoms with van der Waals surface area (Å²) in [5.41, 5.74) is 3.17. The van der Waals surface area contributed by atoms with Crippen molar-refractivity contribution in [2.24, 2.45) is 23.7 Å². The van der Waals surface area contributed by atoms with E-state index in [-0.39, 0.29) is 36.0 Å². The van der Waals surface area contributed by atoms with Gasteiger partial charge in [0.15, 0.2) is 12.4 Å². The van der Waals surface area contributed by atoms with E-state index in [0.29, 0.717) is 45.2 Å². The van der Waals surface area contributed by atoms with Crippen LogP contribution in [0.15, 0.2) is 83.3 Å². The van der Waals surface area contributed by atoms with Crippen molar-refractivity contribution in [3.63, 3.8) is 0 Å². The lowest BCUT2D eigenvalue weighted by Gasteiger charge is -2.19. The Kier molecular flexibility index (Phi) is 6.31.